The number of hydrogen-bond donors (Lipinski definition) is 0. The molecule has 0 bridgehead atoms. The van der Waals surface area contributed by atoms with Crippen molar-refractivity contribution in [2.45, 2.75) is 45.8 Å². The molecule has 0 aromatic carbocycles. The number of rotatable bonds is 1. The fraction of sp³-hybridized carbons (Fsp3) is 0.583. The number of pyridine rings is 1. The molecule has 0 saturated carbocycles. The summed E-state index contributed by atoms with van der Waals surface area (Å²) in [5, 5.41) is 0. The zero-order valence-corrected chi connectivity index (χ0v) is 12.5. The Bertz CT molecular complexity index is 432. The van der Waals surface area contributed by atoms with Gasteiger partial charge in [-0.15, -0.1) is 0 Å². The van der Waals surface area contributed by atoms with E-state index in [4.69, 9.17) is 9.31 Å². The first-order chi connectivity index (χ1) is 7.73. The van der Waals surface area contributed by atoms with Gasteiger partial charge in [0.15, 0.2) is 0 Å². The van der Waals surface area contributed by atoms with E-state index in [2.05, 4.69) is 48.6 Å². The Labute approximate surface area is 111 Å². The van der Waals surface area contributed by atoms with Crippen molar-refractivity contribution in [2.24, 2.45) is 0 Å². The predicted octanol–water partition coefficient (Wildman–Crippen LogP) is 2.45. The molecule has 0 atom stereocenters. The summed E-state index contributed by atoms with van der Waals surface area (Å²) in [6, 6.07) is 1.96. The van der Waals surface area contributed by atoms with E-state index in [1.165, 1.54) is 0 Å². The molecule has 1 aromatic heterocycles. The molecular formula is C12H17BBrNO2. The Morgan fingerprint density at radius 2 is 1.71 bits per heavy atom. The van der Waals surface area contributed by atoms with Gasteiger partial charge >= 0.3 is 7.12 Å². The van der Waals surface area contributed by atoms with Crippen LogP contribution in [0.15, 0.2) is 16.9 Å². The molecule has 92 valence electrons. The lowest BCUT2D eigenvalue weighted by Gasteiger charge is -2.32. The van der Waals surface area contributed by atoms with E-state index in [0.717, 1.165) is 15.6 Å². The fourth-order valence-corrected chi connectivity index (χ4v) is 2.09. The van der Waals surface area contributed by atoms with Crippen molar-refractivity contribution < 1.29 is 9.31 Å². The molecule has 0 N–H and O–H groups in total. The summed E-state index contributed by atoms with van der Waals surface area (Å²) in [7, 11) is -0.320. The first kappa shape index (κ1) is 13.1. The van der Waals surface area contributed by atoms with Crippen molar-refractivity contribution in [1.82, 2.24) is 4.98 Å². The largest absolute Gasteiger partial charge is 0.495 e. The molecule has 1 aromatic rings. The van der Waals surface area contributed by atoms with E-state index < -0.39 is 0 Å². The van der Waals surface area contributed by atoms with E-state index in [1.54, 1.807) is 0 Å². The average molecular weight is 298 g/mol. The first-order valence-electron chi connectivity index (χ1n) is 5.71. The zero-order chi connectivity index (χ0) is 12.8. The maximum atomic E-state index is 6.02. The minimum Gasteiger partial charge on any atom is -0.399 e. The van der Waals surface area contributed by atoms with Crippen molar-refractivity contribution in [3.05, 3.63) is 22.4 Å². The van der Waals surface area contributed by atoms with Gasteiger partial charge in [-0.3, -0.25) is 0 Å². The summed E-state index contributed by atoms with van der Waals surface area (Å²) in [5.41, 5.74) is 1.50. The minimum absolute atomic E-state index is 0.306. The highest BCUT2D eigenvalue weighted by molar-refractivity contribution is 9.10. The van der Waals surface area contributed by atoms with Gasteiger partial charge in [0, 0.05) is 6.20 Å². The summed E-state index contributed by atoms with van der Waals surface area (Å²) < 4.78 is 12.8. The first-order valence-corrected chi connectivity index (χ1v) is 6.50. The molecule has 0 radical (unpaired) electrons. The van der Waals surface area contributed by atoms with Crippen LogP contribution in [0.5, 0.6) is 0 Å². The number of halogens is 1. The van der Waals surface area contributed by atoms with Gasteiger partial charge in [0.05, 0.1) is 11.2 Å². The van der Waals surface area contributed by atoms with Crippen LogP contribution in [-0.2, 0) is 9.31 Å². The van der Waals surface area contributed by atoms with Gasteiger partial charge in [0.2, 0.25) is 0 Å². The lowest BCUT2D eigenvalue weighted by atomic mass is 9.77. The number of aromatic nitrogens is 1. The third-order valence-corrected chi connectivity index (χ3v) is 4.05. The Kier molecular flexibility index (Phi) is 3.13. The monoisotopic (exact) mass is 297 g/mol. The molecule has 17 heavy (non-hydrogen) atoms. The molecule has 1 aliphatic heterocycles. The minimum atomic E-state index is -0.320. The van der Waals surface area contributed by atoms with E-state index in [0.29, 0.717) is 0 Å². The second-order valence-corrected chi connectivity index (χ2v) is 6.26. The Hall–Kier alpha value is -0.385. The standard InChI is InChI=1S/C12H17BBrNO2/c1-8-7-15-10(14)6-9(8)13-16-11(2,3)12(4,5)17-13/h6-7H,1-5H3. The summed E-state index contributed by atoms with van der Waals surface area (Å²) in [5.74, 6) is 0. The summed E-state index contributed by atoms with van der Waals surface area (Å²) in [6.45, 7) is 10.2. The van der Waals surface area contributed by atoms with Crippen LogP contribution in [-0.4, -0.2) is 23.3 Å². The van der Waals surface area contributed by atoms with Gasteiger partial charge in [0.25, 0.3) is 0 Å². The van der Waals surface area contributed by atoms with Gasteiger partial charge in [-0.05, 0) is 67.6 Å². The van der Waals surface area contributed by atoms with Crippen LogP contribution in [0, 0.1) is 6.92 Å². The third kappa shape index (κ3) is 2.28. The lowest BCUT2D eigenvalue weighted by molar-refractivity contribution is 0.00578. The highest BCUT2D eigenvalue weighted by Gasteiger charge is 2.52. The van der Waals surface area contributed by atoms with E-state index in [1.807, 2.05) is 19.2 Å². The van der Waals surface area contributed by atoms with Crippen LogP contribution < -0.4 is 5.46 Å². The van der Waals surface area contributed by atoms with Crippen LogP contribution in [0.1, 0.15) is 33.3 Å². The highest BCUT2D eigenvalue weighted by atomic mass is 79.9. The molecule has 5 heteroatoms. The molecule has 2 heterocycles. The Morgan fingerprint density at radius 1 is 1.18 bits per heavy atom. The molecule has 1 fully saturated rings. The second-order valence-electron chi connectivity index (χ2n) is 5.45. The molecule has 3 nitrogen and oxygen atoms in total. The maximum Gasteiger partial charge on any atom is 0.495 e. The predicted molar refractivity (Wildman–Crippen MR) is 72.4 cm³/mol. The zero-order valence-electron chi connectivity index (χ0n) is 10.9. The number of aryl methyl sites for hydroxylation is 1. The van der Waals surface area contributed by atoms with Crippen molar-refractivity contribution in [3.63, 3.8) is 0 Å². The third-order valence-electron chi connectivity index (χ3n) is 3.62. The molecule has 1 saturated heterocycles. The highest BCUT2D eigenvalue weighted by Crippen LogP contribution is 2.36. The number of hydrogen-bond acceptors (Lipinski definition) is 3. The van der Waals surface area contributed by atoms with Gasteiger partial charge in [-0.25, -0.2) is 4.98 Å². The van der Waals surface area contributed by atoms with Crippen LogP contribution in [0.3, 0.4) is 0 Å². The lowest BCUT2D eigenvalue weighted by Crippen LogP contribution is -2.41. The van der Waals surface area contributed by atoms with Crippen LogP contribution in [0.4, 0.5) is 0 Å². The average Bonchev–Trinajstić information content (AvgIpc) is 2.40. The van der Waals surface area contributed by atoms with E-state index in [9.17, 15) is 0 Å². The maximum absolute atomic E-state index is 6.02. The van der Waals surface area contributed by atoms with Crippen molar-refractivity contribution in [3.8, 4) is 0 Å². The van der Waals surface area contributed by atoms with Crippen molar-refractivity contribution in [2.75, 3.05) is 0 Å². The normalized spacial score (nSPS) is 21.9. The molecule has 0 spiro atoms. The van der Waals surface area contributed by atoms with Gasteiger partial charge in [-0.1, -0.05) is 0 Å². The quantitative estimate of drug-likeness (QED) is 0.589. The Morgan fingerprint density at radius 3 is 2.24 bits per heavy atom. The number of nitrogens with zero attached hydrogens (tertiary/aromatic N) is 1. The second kappa shape index (κ2) is 4.07. The van der Waals surface area contributed by atoms with Crippen molar-refractivity contribution >= 4 is 28.5 Å². The summed E-state index contributed by atoms with van der Waals surface area (Å²) >= 11 is 3.38. The van der Waals surface area contributed by atoms with Gasteiger partial charge in [-0.2, -0.15) is 0 Å². The molecular weight excluding hydrogens is 281 g/mol. The molecule has 0 unspecified atom stereocenters. The topological polar surface area (TPSA) is 31.4 Å². The smallest absolute Gasteiger partial charge is 0.399 e. The molecule has 1 aliphatic rings. The summed E-state index contributed by atoms with van der Waals surface area (Å²) in [4.78, 5) is 4.19. The SMILES string of the molecule is Cc1cnc(Br)cc1B1OC(C)(C)C(C)(C)O1. The van der Waals surface area contributed by atoms with Gasteiger partial charge < -0.3 is 9.31 Å². The molecule has 0 aliphatic carbocycles. The molecule has 0 amide bonds. The Balaban J connectivity index is 2.35. The van der Waals surface area contributed by atoms with Gasteiger partial charge in [0.1, 0.15) is 4.60 Å². The molecule has 2 rings (SSSR count). The van der Waals surface area contributed by atoms with Crippen LogP contribution >= 0.6 is 15.9 Å². The summed E-state index contributed by atoms with van der Waals surface area (Å²) in [6.07, 6.45) is 1.82. The van der Waals surface area contributed by atoms with Crippen LogP contribution in [0.2, 0.25) is 0 Å². The van der Waals surface area contributed by atoms with Crippen LogP contribution in [0.25, 0.3) is 0 Å². The van der Waals surface area contributed by atoms with E-state index in [-0.39, 0.29) is 18.3 Å². The van der Waals surface area contributed by atoms with E-state index >= 15 is 0 Å². The fourth-order valence-electron chi connectivity index (χ4n) is 1.74. The van der Waals surface area contributed by atoms with Crippen molar-refractivity contribution in [1.29, 1.82) is 0 Å².